The number of aryl methyl sites for hydroxylation is 1. The van der Waals surface area contributed by atoms with Crippen LogP contribution in [0.1, 0.15) is 27.0 Å². The number of rotatable bonds is 8. The molecule has 9 heteroatoms. The SMILES string of the molecule is Cc1cccc(NS(=O)(=O)c2ccc(C(=O)N(C)Cc3ccc(OC(F)F)cc3)cc2)c1C. The predicted octanol–water partition coefficient (Wildman–Crippen LogP) is 4.98. The molecule has 0 aliphatic rings. The number of hydrogen-bond acceptors (Lipinski definition) is 4. The van der Waals surface area contributed by atoms with Crippen LogP contribution in [0.15, 0.2) is 71.6 Å². The number of carbonyl (C=O) groups is 1. The monoisotopic (exact) mass is 474 g/mol. The summed E-state index contributed by atoms with van der Waals surface area (Å²) in [7, 11) is -2.22. The Morgan fingerprint density at radius 3 is 2.24 bits per heavy atom. The number of benzene rings is 3. The van der Waals surface area contributed by atoms with Gasteiger partial charge in [0.1, 0.15) is 5.75 Å². The lowest BCUT2D eigenvalue weighted by Gasteiger charge is -2.18. The highest BCUT2D eigenvalue weighted by Crippen LogP contribution is 2.23. The van der Waals surface area contributed by atoms with E-state index in [1.165, 1.54) is 41.3 Å². The summed E-state index contributed by atoms with van der Waals surface area (Å²) in [4.78, 5) is 14.2. The van der Waals surface area contributed by atoms with E-state index in [0.717, 1.165) is 16.7 Å². The fourth-order valence-electron chi connectivity index (χ4n) is 3.18. The molecule has 0 radical (unpaired) electrons. The van der Waals surface area contributed by atoms with Crippen LogP contribution in [-0.2, 0) is 16.6 Å². The molecule has 0 unspecified atom stereocenters. The lowest BCUT2D eigenvalue weighted by Crippen LogP contribution is -2.26. The van der Waals surface area contributed by atoms with E-state index < -0.39 is 16.6 Å². The smallest absolute Gasteiger partial charge is 0.387 e. The Hall–Kier alpha value is -3.46. The molecule has 0 aliphatic heterocycles. The minimum Gasteiger partial charge on any atom is -0.435 e. The van der Waals surface area contributed by atoms with Crippen LogP contribution >= 0.6 is 0 Å². The zero-order valence-electron chi connectivity index (χ0n) is 18.4. The number of hydrogen-bond donors (Lipinski definition) is 1. The molecule has 1 N–H and O–H groups in total. The summed E-state index contributed by atoms with van der Waals surface area (Å²) in [5.74, 6) is -0.275. The number of amides is 1. The van der Waals surface area contributed by atoms with Gasteiger partial charge in [0.15, 0.2) is 0 Å². The molecule has 0 bridgehead atoms. The van der Waals surface area contributed by atoms with Crippen LogP contribution in [0.4, 0.5) is 14.5 Å². The molecule has 0 aromatic heterocycles. The summed E-state index contributed by atoms with van der Waals surface area (Å²) in [5.41, 5.74) is 3.35. The van der Waals surface area contributed by atoms with Crippen molar-refractivity contribution in [2.45, 2.75) is 31.9 Å². The first-order valence-corrected chi connectivity index (χ1v) is 11.5. The second kappa shape index (κ2) is 9.99. The lowest BCUT2D eigenvalue weighted by atomic mass is 10.1. The van der Waals surface area contributed by atoms with Crippen LogP contribution in [0.2, 0.25) is 0 Å². The van der Waals surface area contributed by atoms with Crippen molar-refractivity contribution in [1.29, 1.82) is 0 Å². The molecule has 0 saturated heterocycles. The molecule has 3 aromatic rings. The summed E-state index contributed by atoms with van der Waals surface area (Å²) in [6.45, 7) is 1.07. The molecule has 0 spiro atoms. The van der Waals surface area contributed by atoms with Crippen molar-refractivity contribution in [2.24, 2.45) is 0 Å². The molecule has 174 valence electrons. The van der Waals surface area contributed by atoms with Crippen molar-refractivity contribution in [1.82, 2.24) is 4.90 Å². The minimum atomic E-state index is -3.82. The molecule has 0 fully saturated rings. The fourth-order valence-corrected chi connectivity index (χ4v) is 4.31. The van der Waals surface area contributed by atoms with Gasteiger partial charge in [-0.3, -0.25) is 9.52 Å². The molecule has 0 heterocycles. The molecule has 33 heavy (non-hydrogen) atoms. The highest BCUT2D eigenvalue weighted by atomic mass is 32.2. The summed E-state index contributed by atoms with van der Waals surface area (Å²) in [5, 5.41) is 0. The Bertz CT molecular complexity index is 1230. The number of anilines is 1. The lowest BCUT2D eigenvalue weighted by molar-refractivity contribution is -0.0498. The Kier molecular flexibility index (Phi) is 7.33. The van der Waals surface area contributed by atoms with Gasteiger partial charge in [0, 0.05) is 19.2 Å². The molecular weight excluding hydrogens is 450 g/mol. The number of carbonyl (C=O) groups excluding carboxylic acids is 1. The van der Waals surface area contributed by atoms with Gasteiger partial charge in [0.2, 0.25) is 0 Å². The van der Waals surface area contributed by atoms with Gasteiger partial charge in [-0.05, 0) is 73.0 Å². The van der Waals surface area contributed by atoms with Gasteiger partial charge in [-0.1, -0.05) is 24.3 Å². The maximum absolute atomic E-state index is 12.8. The third kappa shape index (κ3) is 6.07. The first-order chi connectivity index (χ1) is 15.6. The third-order valence-electron chi connectivity index (χ3n) is 5.18. The Morgan fingerprint density at radius 2 is 1.64 bits per heavy atom. The van der Waals surface area contributed by atoms with E-state index in [1.54, 1.807) is 31.3 Å². The minimum absolute atomic E-state index is 0.0361. The van der Waals surface area contributed by atoms with Gasteiger partial charge in [-0.25, -0.2) is 8.42 Å². The average Bonchev–Trinajstić information content (AvgIpc) is 2.77. The Morgan fingerprint density at radius 1 is 1.00 bits per heavy atom. The van der Waals surface area contributed by atoms with Gasteiger partial charge in [0.25, 0.3) is 15.9 Å². The van der Waals surface area contributed by atoms with E-state index in [-0.39, 0.29) is 23.1 Å². The largest absolute Gasteiger partial charge is 0.435 e. The van der Waals surface area contributed by atoms with Gasteiger partial charge in [-0.15, -0.1) is 0 Å². The number of ether oxygens (including phenoxy) is 1. The maximum atomic E-state index is 12.8. The molecule has 3 aromatic carbocycles. The van der Waals surface area contributed by atoms with E-state index in [4.69, 9.17) is 0 Å². The number of sulfonamides is 1. The molecule has 0 atom stereocenters. The zero-order valence-corrected chi connectivity index (χ0v) is 19.2. The van der Waals surface area contributed by atoms with E-state index in [1.807, 2.05) is 19.9 Å². The molecule has 1 amide bonds. The summed E-state index contributed by atoms with van der Waals surface area (Å²) in [6, 6.07) is 17.0. The molecule has 6 nitrogen and oxygen atoms in total. The van der Waals surface area contributed by atoms with Crippen LogP contribution in [0.5, 0.6) is 5.75 Å². The number of nitrogens with zero attached hydrogens (tertiary/aromatic N) is 1. The standard InChI is InChI=1S/C24H24F2N2O4S/c1-16-5-4-6-22(17(16)2)27-33(30,31)21-13-9-19(10-14-21)23(29)28(3)15-18-7-11-20(12-8-18)32-24(25)26/h4-14,24,27H,15H2,1-3H3. The van der Waals surface area contributed by atoms with Crippen LogP contribution in [0, 0.1) is 13.8 Å². The van der Waals surface area contributed by atoms with E-state index >= 15 is 0 Å². The van der Waals surface area contributed by atoms with Crippen molar-refractivity contribution < 1.29 is 26.7 Å². The van der Waals surface area contributed by atoms with E-state index in [0.29, 0.717) is 11.3 Å². The quantitative estimate of drug-likeness (QED) is 0.500. The van der Waals surface area contributed by atoms with Gasteiger partial charge in [0.05, 0.1) is 10.6 Å². The zero-order chi connectivity index (χ0) is 24.2. The van der Waals surface area contributed by atoms with Crippen molar-refractivity contribution in [3.8, 4) is 5.75 Å². The van der Waals surface area contributed by atoms with Crippen molar-refractivity contribution in [2.75, 3.05) is 11.8 Å². The van der Waals surface area contributed by atoms with Crippen LogP contribution in [0.3, 0.4) is 0 Å². The normalized spacial score (nSPS) is 11.3. The highest BCUT2D eigenvalue weighted by molar-refractivity contribution is 7.92. The van der Waals surface area contributed by atoms with E-state index in [2.05, 4.69) is 9.46 Å². The summed E-state index contributed by atoms with van der Waals surface area (Å²) in [6.07, 6.45) is 0. The summed E-state index contributed by atoms with van der Waals surface area (Å²) >= 11 is 0. The predicted molar refractivity (Wildman–Crippen MR) is 122 cm³/mol. The van der Waals surface area contributed by atoms with Gasteiger partial charge in [-0.2, -0.15) is 8.78 Å². The van der Waals surface area contributed by atoms with Crippen molar-refractivity contribution in [3.05, 3.63) is 89.0 Å². The van der Waals surface area contributed by atoms with E-state index in [9.17, 15) is 22.0 Å². The third-order valence-corrected chi connectivity index (χ3v) is 6.56. The summed E-state index contributed by atoms with van der Waals surface area (Å²) < 4.78 is 56.9. The number of nitrogens with one attached hydrogen (secondary N) is 1. The molecule has 0 aliphatic carbocycles. The average molecular weight is 475 g/mol. The van der Waals surface area contributed by atoms with Crippen LogP contribution in [-0.4, -0.2) is 32.9 Å². The van der Waals surface area contributed by atoms with Crippen molar-refractivity contribution >= 4 is 21.6 Å². The molecular formula is C24H24F2N2O4S. The Labute approximate surface area is 191 Å². The van der Waals surface area contributed by atoms with Gasteiger partial charge >= 0.3 is 6.61 Å². The second-order valence-electron chi connectivity index (χ2n) is 7.56. The maximum Gasteiger partial charge on any atom is 0.387 e. The fraction of sp³-hybridized carbons (Fsp3) is 0.208. The topological polar surface area (TPSA) is 75.7 Å². The molecule has 0 saturated carbocycles. The Balaban J connectivity index is 1.68. The number of alkyl halides is 2. The second-order valence-corrected chi connectivity index (χ2v) is 9.24. The number of halogens is 2. The van der Waals surface area contributed by atoms with Crippen LogP contribution < -0.4 is 9.46 Å². The van der Waals surface area contributed by atoms with Gasteiger partial charge < -0.3 is 9.64 Å². The van der Waals surface area contributed by atoms with Crippen molar-refractivity contribution in [3.63, 3.8) is 0 Å². The molecule has 3 rings (SSSR count). The van der Waals surface area contributed by atoms with Crippen LogP contribution in [0.25, 0.3) is 0 Å². The highest BCUT2D eigenvalue weighted by Gasteiger charge is 2.18. The first kappa shape index (κ1) is 24.2. The first-order valence-electron chi connectivity index (χ1n) is 10.0.